The number of hydrogen-bond donors (Lipinski definition) is 1. The van der Waals surface area contributed by atoms with Crippen molar-refractivity contribution in [3.63, 3.8) is 0 Å². The Morgan fingerprint density at radius 1 is 0.957 bits per heavy atom. The van der Waals surface area contributed by atoms with Crippen LogP contribution in [0.25, 0.3) is 0 Å². The highest BCUT2D eigenvalue weighted by Crippen LogP contribution is 2.39. The molecule has 1 aliphatic heterocycles. The first kappa shape index (κ1) is 15.4. The fourth-order valence-corrected chi connectivity index (χ4v) is 2.96. The van der Waals surface area contributed by atoms with Crippen molar-refractivity contribution >= 4 is 5.84 Å². The van der Waals surface area contributed by atoms with Crippen LogP contribution in [0.2, 0.25) is 0 Å². The van der Waals surface area contributed by atoms with E-state index in [-0.39, 0.29) is 23.4 Å². The Morgan fingerprint density at radius 2 is 1.61 bits per heavy atom. The summed E-state index contributed by atoms with van der Waals surface area (Å²) in [5.41, 5.74) is 8.88. The number of halogens is 2. The van der Waals surface area contributed by atoms with Crippen molar-refractivity contribution in [2.45, 2.75) is 25.2 Å². The number of allylic oxidation sites excluding steroid dienone is 2. The van der Waals surface area contributed by atoms with Crippen LogP contribution in [-0.4, -0.2) is 12.3 Å². The fourth-order valence-electron chi connectivity index (χ4n) is 2.96. The SMILES string of the molecule is Cc1ccc([C@@H]2C=C(C(F)F)N=C(N)[C@H]2c2ccccc2)cc1. The lowest BCUT2D eigenvalue weighted by molar-refractivity contribution is 0.186. The highest BCUT2D eigenvalue weighted by molar-refractivity contribution is 5.90. The number of benzene rings is 2. The van der Waals surface area contributed by atoms with Gasteiger partial charge in [0.15, 0.2) is 0 Å². The molecule has 0 saturated heterocycles. The third kappa shape index (κ3) is 3.16. The van der Waals surface area contributed by atoms with Gasteiger partial charge in [0.25, 0.3) is 6.43 Å². The molecule has 0 bridgehead atoms. The first-order chi connectivity index (χ1) is 11.1. The monoisotopic (exact) mass is 312 g/mol. The second-order valence-electron chi connectivity index (χ2n) is 5.75. The Balaban J connectivity index is 2.09. The molecule has 2 atom stereocenters. The van der Waals surface area contributed by atoms with Gasteiger partial charge in [0, 0.05) is 5.92 Å². The molecule has 0 saturated carbocycles. The van der Waals surface area contributed by atoms with E-state index in [0.29, 0.717) is 0 Å². The number of rotatable bonds is 3. The maximum atomic E-state index is 13.1. The molecule has 0 amide bonds. The topological polar surface area (TPSA) is 38.4 Å². The van der Waals surface area contributed by atoms with Crippen LogP contribution in [0.3, 0.4) is 0 Å². The second kappa shape index (κ2) is 6.32. The number of amidine groups is 1. The zero-order valence-electron chi connectivity index (χ0n) is 12.8. The van der Waals surface area contributed by atoms with Gasteiger partial charge < -0.3 is 5.73 Å². The molecule has 118 valence electrons. The number of aliphatic imine (C=N–C) groups is 1. The minimum atomic E-state index is -2.63. The van der Waals surface area contributed by atoms with Crippen LogP contribution in [0.1, 0.15) is 28.5 Å². The predicted octanol–water partition coefficient (Wildman–Crippen LogP) is 4.38. The summed E-state index contributed by atoms with van der Waals surface area (Å²) in [6, 6.07) is 17.6. The van der Waals surface area contributed by atoms with E-state index in [1.165, 1.54) is 0 Å². The van der Waals surface area contributed by atoms with Crippen LogP contribution in [0, 0.1) is 6.92 Å². The van der Waals surface area contributed by atoms with Gasteiger partial charge >= 0.3 is 0 Å². The van der Waals surface area contributed by atoms with Crippen LogP contribution in [0.4, 0.5) is 8.78 Å². The largest absolute Gasteiger partial charge is 0.387 e. The molecule has 2 nitrogen and oxygen atoms in total. The molecular formula is C19H18F2N2. The van der Waals surface area contributed by atoms with Crippen molar-refractivity contribution in [2.24, 2.45) is 10.7 Å². The maximum absolute atomic E-state index is 13.1. The smallest absolute Gasteiger partial charge is 0.280 e. The number of hydrogen-bond acceptors (Lipinski definition) is 2. The van der Waals surface area contributed by atoms with E-state index in [1.54, 1.807) is 6.08 Å². The van der Waals surface area contributed by atoms with E-state index in [0.717, 1.165) is 16.7 Å². The lowest BCUT2D eigenvalue weighted by Crippen LogP contribution is -2.30. The van der Waals surface area contributed by atoms with E-state index < -0.39 is 6.43 Å². The Bertz CT molecular complexity index is 734. The normalized spacial score (nSPS) is 21.0. The summed E-state index contributed by atoms with van der Waals surface area (Å²) in [5.74, 6) is -0.250. The van der Waals surface area contributed by atoms with Gasteiger partial charge in [0.1, 0.15) is 11.5 Å². The van der Waals surface area contributed by atoms with Gasteiger partial charge in [-0.05, 0) is 24.1 Å². The molecule has 1 aliphatic rings. The Kier molecular flexibility index (Phi) is 4.24. The predicted molar refractivity (Wildman–Crippen MR) is 88.8 cm³/mol. The molecule has 3 rings (SSSR count). The summed E-state index contributed by atoms with van der Waals surface area (Å²) in [7, 11) is 0. The van der Waals surface area contributed by atoms with Gasteiger partial charge in [-0.2, -0.15) is 0 Å². The summed E-state index contributed by atoms with van der Waals surface area (Å²) >= 11 is 0. The van der Waals surface area contributed by atoms with Gasteiger partial charge in [-0.15, -0.1) is 0 Å². The van der Waals surface area contributed by atoms with Gasteiger partial charge in [-0.25, -0.2) is 13.8 Å². The van der Waals surface area contributed by atoms with E-state index in [2.05, 4.69) is 4.99 Å². The minimum absolute atomic E-state index is 0.235. The average molecular weight is 312 g/mol. The molecular weight excluding hydrogens is 294 g/mol. The maximum Gasteiger partial charge on any atom is 0.280 e. The lowest BCUT2D eigenvalue weighted by Gasteiger charge is -2.29. The lowest BCUT2D eigenvalue weighted by atomic mass is 9.78. The highest BCUT2D eigenvalue weighted by Gasteiger charge is 2.32. The molecule has 0 aromatic heterocycles. The second-order valence-corrected chi connectivity index (χ2v) is 5.75. The highest BCUT2D eigenvalue weighted by atomic mass is 19.3. The molecule has 0 unspecified atom stereocenters. The molecule has 0 spiro atoms. The molecule has 0 radical (unpaired) electrons. The van der Waals surface area contributed by atoms with Gasteiger partial charge in [-0.1, -0.05) is 60.2 Å². The summed E-state index contributed by atoms with van der Waals surface area (Å²) in [5, 5.41) is 0. The fraction of sp³-hybridized carbons (Fsp3) is 0.211. The zero-order valence-corrected chi connectivity index (χ0v) is 12.8. The molecule has 2 aromatic carbocycles. The average Bonchev–Trinajstić information content (AvgIpc) is 2.55. The first-order valence-corrected chi connectivity index (χ1v) is 7.51. The van der Waals surface area contributed by atoms with Crippen LogP contribution in [-0.2, 0) is 0 Å². The van der Waals surface area contributed by atoms with Crippen molar-refractivity contribution in [2.75, 3.05) is 0 Å². The Labute approximate surface area is 134 Å². The molecule has 2 aromatic rings. The van der Waals surface area contributed by atoms with Gasteiger partial charge in [0.05, 0.1) is 5.92 Å². The molecule has 0 aliphatic carbocycles. The van der Waals surface area contributed by atoms with Crippen molar-refractivity contribution in [3.8, 4) is 0 Å². The van der Waals surface area contributed by atoms with E-state index in [9.17, 15) is 8.78 Å². The van der Waals surface area contributed by atoms with E-state index in [4.69, 9.17) is 5.73 Å². The van der Waals surface area contributed by atoms with Crippen molar-refractivity contribution in [3.05, 3.63) is 83.1 Å². The van der Waals surface area contributed by atoms with Crippen molar-refractivity contribution < 1.29 is 8.78 Å². The standard InChI is InChI=1S/C19H18F2N2/c1-12-7-9-13(10-8-12)15-11-16(18(20)21)23-19(22)17(15)14-5-3-2-4-6-14/h2-11,15,17-18H,1H3,(H2,22,23)/t15-,17-/m0/s1. The number of nitrogens with two attached hydrogens (primary N) is 1. The van der Waals surface area contributed by atoms with Crippen molar-refractivity contribution in [1.82, 2.24) is 0 Å². The summed E-state index contributed by atoms with van der Waals surface area (Å²) in [6.45, 7) is 2.00. The third-order valence-corrected chi connectivity index (χ3v) is 4.13. The van der Waals surface area contributed by atoms with Crippen LogP contribution < -0.4 is 5.73 Å². The molecule has 1 heterocycles. The molecule has 0 fully saturated rings. The summed E-state index contributed by atoms with van der Waals surface area (Å²) in [6.07, 6.45) is -1.08. The van der Waals surface area contributed by atoms with Crippen molar-refractivity contribution in [1.29, 1.82) is 0 Å². The van der Waals surface area contributed by atoms with E-state index >= 15 is 0 Å². The minimum Gasteiger partial charge on any atom is -0.387 e. The first-order valence-electron chi connectivity index (χ1n) is 7.51. The van der Waals surface area contributed by atoms with Crippen LogP contribution in [0.5, 0.6) is 0 Å². The van der Waals surface area contributed by atoms with Crippen LogP contribution >= 0.6 is 0 Å². The zero-order chi connectivity index (χ0) is 16.4. The van der Waals surface area contributed by atoms with E-state index in [1.807, 2.05) is 61.5 Å². The Hall–Kier alpha value is -2.49. The molecule has 2 N–H and O–H groups in total. The number of aryl methyl sites for hydroxylation is 1. The van der Waals surface area contributed by atoms with Gasteiger partial charge in [0.2, 0.25) is 0 Å². The van der Waals surface area contributed by atoms with Crippen LogP contribution in [0.15, 0.2) is 71.4 Å². The number of nitrogens with zero attached hydrogens (tertiary/aromatic N) is 1. The summed E-state index contributed by atoms with van der Waals surface area (Å²) < 4.78 is 26.3. The molecule has 23 heavy (non-hydrogen) atoms. The molecule has 4 heteroatoms. The van der Waals surface area contributed by atoms with Gasteiger partial charge in [-0.3, -0.25) is 0 Å². The summed E-state index contributed by atoms with van der Waals surface area (Å²) in [4.78, 5) is 3.94. The third-order valence-electron chi connectivity index (χ3n) is 4.13. The quantitative estimate of drug-likeness (QED) is 0.897. The number of alkyl halides is 2. The Morgan fingerprint density at radius 3 is 2.22 bits per heavy atom.